The summed E-state index contributed by atoms with van der Waals surface area (Å²) in [5.41, 5.74) is 16.1. The van der Waals surface area contributed by atoms with Gasteiger partial charge in [-0.2, -0.15) is 0 Å². The van der Waals surface area contributed by atoms with E-state index in [2.05, 4.69) is 298 Å². The van der Waals surface area contributed by atoms with E-state index in [-0.39, 0.29) is 27.1 Å². The van der Waals surface area contributed by atoms with Gasteiger partial charge in [0, 0.05) is 56.7 Å². The molecule has 3 heterocycles. The quantitative estimate of drug-likeness (QED) is 0.129. The van der Waals surface area contributed by atoms with Crippen LogP contribution in [0.5, 0.6) is 11.5 Å². The lowest BCUT2D eigenvalue weighted by Gasteiger charge is -2.37. The van der Waals surface area contributed by atoms with E-state index in [0.29, 0.717) is 6.67 Å². The van der Waals surface area contributed by atoms with Gasteiger partial charge in [0.25, 0.3) is 0 Å². The van der Waals surface area contributed by atoms with Crippen molar-refractivity contribution in [3.63, 3.8) is 0 Å². The van der Waals surface area contributed by atoms with Crippen LogP contribution in [-0.2, 0) is 27.1 Å². The Morgan fingerprint density at radius 3 is 1.43 bits per heavy atom. The van der Waals surface area contributed by atoms with Crippen molar-refractivity contribution in [3.05, 3.63) is 251 Å². The molecule has 10 aromatic rings. The third-order valence-corrected chi connectivity index (χ3v) is 16.5. The maximum Gasteiger partial charge on any atom is 0.137 e. The lowest BCUT2D eigenvalue weighted by atomic mass is 9.68. The van der Waals surface area contributed by atoms with Gasteiger partial charge in [0.2, 0.25) is 0 Å². The summed E-state index contributed by atoms with van der Waals surface area (Å²) in [6.45, 7) is 28.7. The predicted molar refractivity (Wildman–Crippen MR) is 320 cm³/mol. The Balaban J connectivity index is 1.05. The molecule has 0 saturated heterocycles. The van der Waals surface area contributed by atoms with E-state index in [1.807, 2.05) is 6.20 Å². The molecular weight excluding hydrogens is 925 g/mol. The normalized spacial score (nSPS) is 13.4. The summed E-state index contributed by atoms with van der Waals surface area (Å²) < 4.78 is 9.28. The van der Waals surface area contributed by atoms with E-state index in [1.54, 1.807) is 0 Å². The minimum atomic E-state index is -0.330. The van der Waals surface area contributed by atoms with Crippen LogP contribution in [0.25, 0.3) is 27.6 Å². The van der Waals surface area contributed by atoms with Gasteiger partial charge < -0.3 is 14.5 Å². The molecule has 5 heteroatoms. The number of rotatable bonds is 11. The van der Waals surface area contributed by atoms with Crippen LogP contribution >= 0.6 is 0 Å². The summed E-state index contributed by atoms with van der Waals surface area (Å²) in [6.07, 6.45) is 1.95. The molecular formula is C71H72N4O. The van der Waals surface area contributed by atoms with Crippen LogP contribution in [0.1, 0.15) is 128 Å². The molecule has 2 aromatic heterocycles. The van der Waals surface area contributed by atoms with Crippen molar-refractivity contribution < 1.29 is 4.74 Å². The van der Waals surface area contributed by atoms with Crippen molar-refractivity contribution in [1.82, 2.24) is 9.55 Å². The molecule has 0 saturated carbocycles. The molecule has 0 amide bonds. The fourth-order valence-electron chi connectivity index (χ4n) is 11.5. The first-order chi connectivity index (χ1) is 36.2. The largest absolute Gasteiger partial charge is 0.457 e. The van der Waals surface area contributed by atoms with Gasteiger partial charge in [-0.1, -0.05) is 204 Å². The Morgan fingerprint density at radius 2 is 0.868 bits per heavy atom. The second-order valence-electron chi connectivity index (χ2n) is 24.7. The lowest BCUT2D eigenvalue weighted by molar-refractivity contribution is 0.483. The average molecular weight is 997 g/mol. The van der Waals surface area contributed by atoms with Crippen molar-refractivity contribution in [2.45, 2.75) is 110 Å². The molecule has 8 aromatic carbocycles. The van der Waals surface area contributed by atoms with Gasteiger partial charge in [-0.3, -0.25) is 4.57 Å². The number of para-hydroxylation sites is 1. The molecule has 0 bridgehead atoms. The van der Waals surface area contributed by atoms with Crippen molar-refractivity contribution in [2.24, 2.45) is 0 Å². The molecule has 1 aliphatic heterocycles. The van der Waals surface area contributed by atoms with E-state index < -0.39 is 0 Å². The second kappa shape index (κ2) is 18.7. The molecule has 0 radical (unpaired) electrons. The number of hydrogen-bond acceptors (Lipinski definition) is 4. The van der Waals surface area contributed by atoms with Crippen LogP contribution in [0, 0.1) is 0 Å². The standard InChI is InChI=1S/C71H72N4O/c1-67(2,3)52-39-53(68(4,5)6)41-55(40-52)74-47-73(64-45-60(70(9,10)49-27-18-14-19-28-49)61(46-65(64)74)71(11,12)50-29-20-15-21-30-50)54-31-24-32-56(43-54)76-57-35-36-59-58-33-22-23-34-62(58)75(63(59)44-57)66-42-51(37-38-72-66)69(7,8)48-25-16-13-17-26-48/h13-46H,47H2,1-12H3. The molecule has 382 valence electrons. The highest BCUT2D eigenvalue weighted by atomic mass is 16.5. The summed E-state index contributed by atoms with van der Waals surface area (Å²) >= 11 is 0. The SMILES string of the molecule is CC(C)(C)c1cc(N2CN(c3cccc(Oc4ccc5c6ccccc6n(-c6cc(C(C)(C)c7ccccc7)ccn6)c5c4)c3)c3cc(C(C)(C)c4ccccc4)c(C(C)(C)c4ccccc4)cc32)cc(C(C)(C)C)c1. The van der Waals surface area contributed by atoms with E-state index in [1.165, 1.54) is 67.0 Å². The van der Waals surface area contributed by atoms with Crippen LogP contribution in [0.3, 0.4) is 0 Å². The third kappa shape index (κ3) is 9.04. The highest BCUT2D eigenvalue weighted by Crippen LogP contribution is 2.52. The first kappa shape index (κ1) is 50.3. The summed E-state index contributed by atoms with van der Waals surface area (Å²) in [5, 5.41) is 2.32. The van der Waals surface area contributed by atoms with Gasteiger partial charge >= 0.3 is 0 Å². The van der Waals surface area contributed by atoms with Gasteiger partial charge in [0.05, 0.1) is 22.4 Å². The summed E-state index contributed by atoms with van der Waals surface area (Å²) in [5.74, 6) is 2.39. The molecule has 1 aliphatic rings. The highest BCUT2D eigenvalue weighted by molar-refractivity contribution is 6.09. The molecule has 0 spiro atoms. The maximum atomic E-state index is 6.99. The fraction of sp³-hybridized carbons (Fsp3) is 0.254. The van der Waals surface area contributed by atoms with Crippen LogP contribution < -0.4 is 14.5 Å². The molecule has 0 N–H and O–H groups in total. The number of benzene rings is 8. The number of hydrogen-bond donors (Lipinski definition) is 0. The zero-order valence-corrected chi connectivity index (χ0v) is 46.5. The Morgan fingerprint density at radius 1 is 0.368 bits per heavy atom. The van der Waals surface area contributed by atoms with Crippen molar-refractivity contribution >= 4 is 44.6 Å². The third-order valence-electron chi connectivity index (χ3n) is 16.5. The maximum absolute atomic E-state index is 6.99. The number of anilines is 4. The van der Waals surface area contributed by atoms with Crippen LogP contribution in [-0.4, -0.2) is 16.2 Å². The van der Waals surface area contributed by atoms with Gasteiger partial charge in [0.15, 0.2) is 0 Å². The summed E-state index contributed by atoms with van der Waals surface area (Å²) in [6, 6.07) is 73.2. The van der Waals surface area contributed by atoms with E-state index >= 15 is 0 Å². The molecule has 0 atom stereocenters. The van der Waals surface area contributed by atoms with Crippen molar-refractivity contribution in [1.29, 1.82) is 0 Å². The zero-order chi connectivity index (χ0) is 53.4. The van der Waals surface area contributed by atoms with Crippen molar-refractivity contribution in [3.8, 4) is 17.3 Å². The van der Waals surface area contributed by atoms with Crippen LogP contribution in [0.2, 0.25) is 0 Å². The lowest BCUT2D eigenvalue weighted by Crippen LogP contribution is -2.28. The molecule has 0 fully saturated rings. The van der Waals surface area contributed by atoms with Crippen LogP contribution in [0.4, 0.5) is 22.7 Å². The molecule has 11 rings (SSSR count). The Bertz CT molecular complexity index is 3730. The first-order valence-electron chi connectivity index (χ1n) is 27.0. The molecule has 0 aliphatic carbocycles. The van der Waals surface area contributed by atoms with Crippen molar-refractivity contribution in [2.75, 3.05) is 16.5 Å². The number of pyridine rings is 1. The molecule has 5 nitrogen and oxygen atoms in total. The Hall–Kier alpha value is -7.89. The fourth-order valence-corrected chi connectivity index (χ4v) is 11.5. The number of nitrogens with zero attached hydrogens (tertiary/aromatic N) is 4. The minimum absolute atomic E-state index is 0.0504. The van der Waals surface area contributed by atoms with E-state index in [4.69, 9.17) is 9.72 Å². The van der Waals surface area contributed by atoms with Gasteiger partial charge in [-0.05, 0) is 122 Å². The van der Waals surface area contributed by atoms with Gasteiger partial charge in [-0.15, -0.1) is 0 Å². The first-order valence-corrected chi connectivity index (χ1v) is 27.0. The van der Waals surface area contributed by atoms with Crippen LogP contribution in [0.15, 0.2) is 206 Å². The zero-order valence-electron chi connectivity index (χ0n) is 46.5. The summed E-state index contributed by atoms with van der Waals surface area (Å²) in [7, 11) is 0. The summed E-state index contributed by atoms with van der Waals surface area (Å²) in [4.78, 5) is 10.1. The highest BCUT2D eigenvalue weighted by Gasteiger charge is 2.39. The predicted octanol–water partition coefficient (Wildman–Crippen LogP) is 18.8. The Labute approximate surface area is 451 Å². The number of aromatic nitrogens is 2. The smallest absolute Gasteiger partial charge is 0.137 e. The van der Waals surface area contributed by atoms with Gasteiger partial charge in [-0.25, -0.2) is 4.98 Å². The molecule has 0 unspecified atom stereocenters. The van der Waals surface area contributed by atoms with E-state index in [0.717, 1.165) is 39.4 Å². The van der Waals surface area contributed by atoms with Gasteiger partial charge in [0.1, 0.15) is 24.0 Å². The average Bonchev–Trinajstić information content (AvgIpc) is 4.00. The Kier molecular flexibility index (Phi) is 12.4. The second-order valence-corrected chi connectivity index (χ2v) is 24.7. The minimum Gasteiger partial charge on any atom is -0.457 e. The topological polar surface area (TPSA) is 33.5 Å². The van der Waals surface area contributed by atoms with E-state index in [9.17, 15) is 0 Å². The molecule has 76 heavy (non-hydrogen) atoms. The number of fused-ring (bicyclic) bond motifs is 4. The number of ether oxygens (including phenoxy) is 1. The monoisotopic (exact) mass is 997 g/mol.